The van der Waals surface area contributed by atoms with Crippen molar-refractivity contribution in [3.63, 3.8) is 0 Å². The molecule has 0 bridgehead atoms. The highest BCUT2D eigenvalue weighted by atomic mass is 16.1. The number of hydrogen-bond acceptors (Lipinski definition) is 4. The van der Waals surface area contributed by atoms with Gasteiger partial charge in [0.25, 0.3) is 5.56 Å². The van der Waals surface area contributed by atoms with Gasteiger partial charge in [-0.25, -0.2) is 9.97 Å². The maximum Gasteiger partial charge on any atom is 0.294 e. The van der Waals surface area contributed by atoms with E-state index in [0.29, 0.717) is 12.4 Å². The quantitative estimate of drug-likeness (QED) is 0.730. The third-order valence-electron chi connectivity index (χ3n) is 3.32. The second-order valence-corrected chi connectivity index (χ2v) is 4.53. The van der Waals surface area contributed by atoms with Crippen LogP contribution in [0.2, 0.25) is 0 Å². The molecule has 3 aromatic rings. The number of nitrogens with zero attached hydrogens (tertiary/aromatic N) is 5. The fourth-order valence-electron chi connectivity index (χ4n) is 2.34. The molecule has 0 amide bonds. The molecule has 0 aliphatic rings. The summed E-state index contributed by atoms with van der Waals surface area (Å²) < 4.78 is 3.25. The number of fused-ring (bicyclic) bond motifs is 1. The second kappa shape index (κ2) is 5.21. The van der Waals surface area contributed by atoms with Gasteiger partial charge >= 0.3 is 0 Å². The number of para-hydroxylation sites is 2. The maximum atomic E-state index is 12.5. The molecule has 0 unspecified atom stereocenters. The molecule has 0 aliphatic heterocycles. The van der Waals surface area contributed by atoms with Crippen LogP contribution < -0.4 is 5.56 Å². The van der Waals surface area contributed by atoms with Gasteiger partial charge in [-0.2, -0.15) is 5.26 Å². The Morgan fingerprint density at radius 3 is 2.90 bits per heavy atom. The van der Waals surface area contributed by atoms with Crippen LogP contribution in [-0.2, 0) is 13.0 Å². The van der Waals surface area contributed by atoms with Gasteiger partial charge in [0.15, 0.2) is 0 Å². The Bertz CT molecular complexity index is 900. The molecular weight excluding hydrogens is 266 g/mol. The van der Waals surface area contributed by atoms with E-state index >= 15 is 0 Å². The smallest absolute Gasteiger partial charge is 0.294 e. The highest BCUT2D eigenvalue weighted by molar-refractivity contribution is 5.77. The number of nitriles is 1. The van der Waals surface area contributed by atoms with E-state index in [1.54, 1.807) is 21.5 Å². The third-order valence-corrected chi connectivity index (χ3v) is 3.32. The molecule has 2 aromatic heterocycles. The number of hydrogen-bond donors (Lipinski definition) is 0. The van der Waals surface area contributed by atoms with E-state index in [9.17, 15) is 4.79 Å². The van der Waals surface area contributed by atoms with Gasteiger partial charge in [0, 0.05) is 18.9 Å². The largest absolute Gasteiger partial charge is 0.311 e. The van der Waals surface area contributed by atoms with Gasteiger partial charge in [0.1, 0.15) is 5.82 Å². The molecule has 0 saturated carbocycles. The van der Waals surface area contributed by atoms with Crippen LogP contribution >= 0.6 is 0 Å². The summed E-state index contributed by atoms with van der Waals surface area (Å²) in [6.45, 7) is 2.46. The van der Waals surface area contributed by atoms with Crippen LogP contribution in [0.25, 0.3) is 16.9 Å². The standard InChI is InChI=1S/C15H13N5O/c1-2-19-10-9-17-14(15(19)21)20-12-6-4-3-5-11(12)18-13(20)7-8-16/h3-6,9-10H,2,7H2,1H3. The molecule has 0 atom stereocenters. The maximum absolute atomic E-state index is 12.5. The van der Waals surface area contributed by atoms with Crippen LogP contribution in [0.5, 0.6) is 0 Å². The van der Waals surface area contributed by atoms with Crippen molar-refractivity contribution in [3.8, 4) is 11.9 Å². The Balaban J connectivity index is 2.36. The number of benzene rings is 1. The van der Waals surface area contributed by atoms with Gasteiger partial charge in [0.05, 0.1) is 23.5 Å². The number of aromatic nitrogens is 4. The van der Waals surface area contributed by atoms with E-state index in [1.165, 1.54) is 0 Å². The SMILES string of the molecule is CCn1ccnc(-n2c(CC#N)nc3ccccc32)c1=O. The lowest BCUT2D eigenvalue weighted by atomic mass is 10.3. The first kappa shape index (κ1) is 13.1. The van der Waals surface area contributed by atoms with Gasteiger partial charge in [0.2, 0.25) is 5.82 Å². The first-order valence-electron chi connectivity index (χ1n) is 6.65. The fraction of sp³-hybridized carbons (Fsp3) is 0.200. The van der Waals surface area contributed by atoms with Crippen molar-refractivity contribution in [2.24, 2.45) is 0 Å². The van der Waals surface area contributed by atoms with Crippen LogP contribution in [0.1, 0.15) is 12.7 Å². The van der Waals surface area contributed by atoms with Crippen LogP contribution in [0.4, 0.5) is 0 Å². The molecule has 0 aliphatic carbocycles. The van der Waals surface area contributed by atoms with Crippen LogP contribution in [0.3, 0.4) is 0 Å². The lowest BCUT2D eigenvalue weighted by Gasteiger charge is -2.08. The summed E-state index contributed by atoms with van der Waals surface area (Å²) in [5, 5.41) is 8.98. The Labute approximate surface area is 120 Å². The zero-order valence-electron chi connectivity index (χ0n) is 11.5. The van der Waals surface area contributed by atoms with E-state index in [2.05, 4.69) is 16.0 Å². The number of aryl methyl sites for hydroxylation is 1. The first-order valence-corrected chi connectivity index (χ1v) is 6.65. The van der Waals surface area contributed by atoms with Crippen molar-refractivity contribution in [2.45, 2.75) is 19.9 Å². The topological polar surface area (TPSA) is 76.5 Å². The number of imidazole rings is 1. The summed E-state index contributed by atoms with van der Waals surface area (Å²) >= 11 is 0. The monoisotopic (exact) mass is 279 g/mol. The Morgan fingerprint density at radius 2 is 2.14 bits per heavy atom. The van der Waals surface area contributed by atoms with Crippen molar-refractivity contribution in [1.29, 1.82) is 5.26 Å². The van der Waals surface area contributed by atoms with Crippen LogP contribution in [0.15, 0.2) is 41.5 Å². The molecule has 0 N–H and O–H groups in total. The molecule has 0 radical (unpaired) electrons. The van der Waals surface area contributed by atoms with E-state index in [0.717, 1.165) is 11.0 Å². The summed E-state index contributed by atoms with van der Waals surface area (Å²) in [6, 6.07) is 9.55. The Hall–Kier alpha value is -2.94. The highest BCUT2D eigenvalue weighted by Crippen LogP contribution is 2.18. The zero-order valence-corrected chi connectivity index (χ0v) is 11.5. The second-order valence-electron chi connectivity index (χ2n) is 4.53. The normalized spacial score (nSPS) is 10.7. The Kier molecular flexibility index (Phi) is 3.24. The molecule has 3 rings (SSSR count). The lowest BCUT2D eigenvalue weighted by Crippen LogP contribution is -2.25. The van der Waals surface area contributed by atoms with Gasteiger partial charge in [-0.15, -0.1) is 0 Å². The average molecular weight is 279 g/mol. The van der Waals surface area contributed by atoms with Crippen molar-refractivity contribution < 1.29 is 0 Å². The molecule has 6 nitrogen and oxygen atoms in total. The summed E-state index contributed by atoms with van der Waals surface area (Å²) in [7, 11) is 0. The lowest BCUT2D eigenvalue weighted by molar-refractivity contribution is 0.704. The highest BCUT2D eigenvalue weighted by Gasteiger charge is 2.16. The van der Waals surface area contributed by atoms with Crippen LogP contribution in [0, 0.1) is 11.3 Å². The minimum atomic E-state index is -0.192. The van der Waals surface area contributed by atoms with E-state index < -0.39 is 0 Å². The predicted molar refractivity (Wildman–Crippen MR) is 78.1 cm³/mol. The van der Waals surface area contributed by atoms with Gasteiger partial charge in [-0.05, 0) is 19.1 Å². The van der Waals surface area contributed by atoms with Gasteiger partial charge < -0.3 is 4.57 Å². The number of rotatable bonds is 3. The van der Waals surface area contributed by atoms with E-state index in [1.807, 2.05) is 31.2 Å². The first-order chi connectivity index (χ1) is 10.3. The molecular formula is C15H13N5O. The molecule has 21 heavy (non-hydrogen) atoms. The minimum absolute atomic E-state index is 0.122. The minimum Gasteiger partial charge on any atom is -0.311 e. The van der Waals surface area contributed by atoms with Crippen molar-refractivity contribution >= 4 is 11.0 Å². The van der Waals surface area contributed by atoms with Gasteiger partial charge in [-0.1, -0.05) is 12.1 Å². The predicted octanol–water partition coefficient (Wildman–Crippen LogP) is 1.67. The fourth-order valence-corrected chi connectivity index (χ4v) is 2.34. The molecule has 0 saturated heterocycles. The van der Waals surface area contributed by atoms with E-state index in [4.69, 9.17) is 5.26 Å². The van der Waals surface area contributed by atoms with Crippen LogP contribution in [-0.4, -0.2) is 19.1 Å². The summed E-state index contributed by atoms with van der Waals surface area (Å²) in [5.41, 5.74) is 1.33. The summed E-state index contributed by atoms with van der Waals surface area (Å²) in [6.07, 6.45) is 3.36. The Morgan fingerprint density at radius 1 is 1.33 bits per heavy atom. The molecule has 2 heterocycles. The third kappa shape index (κ3) is 2.09. The average Bonchev–Trinajstić information content (AvgIpc) is 2.86. The van der Waals surface area contributed by atoms with Crippen molar-refractivity contribution in [2.75, 3.05) is 0 Å². The summed E-state index contributed by atoms with van der Waals surface area (Å²) in [4.78, 5) is 21.1. The molecule has 104 valence electrons. The molecule has 6 heteroatoms. The molecule has 1 aromatic carbocycles. The molecule has 0 spiro atoms. The van der Waals surface area contributed by atoms with E-state index in [-0.39, 0.29) is 17.8 Å². The zero-order chi connectivity index (χ0) is 14.8. The summed E-state index contributed by atoms with van der Waals surface area (Å²) in [5.74, 6) is 0.801. The van der Waals surface area contributed by atoms with Crippen molar-refractivity contribution in [1.82, 2.24) is 19.1 Å². The molecule has 0 fully saturated rings. The van der Waals surface area contributed by atoms with Crippen molar-refractivity contribution in [3.05, 3.63) is 52.8 Å². The van der Waals surface area contributed by atoms with Gasteiger partial charge in [-0.3, -0.25) is 9.36 Å².